The van der Waals surface area contributed by atoms with Gasteiger partial charge in [-0.05, 0) is 34.0 Å². The van der Waals surface area contributed by atoms with E-state index in [1.807, 2.05) is 23.9 Å². The van der Waals surface area contributed by atoms with Gasteiger partial charge in [0.2, 0.25) is 0 Å². The Morgan fingerprint density at radius 2 is 1.67 bits per heavy atom. The van der Waals surface area contributed by atoms with Crippen molar-refractivity contribution in [3.63, 3.8) is 0 Å². The predicted octanol–water partition coefficient (Wildman–Crippen LogP) is 4.76. The number of hydrogen-bond acceptors (Lipinski definition) is 2. The molecule has 0 spiro atoms. The first kappa shape index (κ1) is 12.9. The van der Waals surface area contributed by atoms with Gasteiger partial charge in [-0.1, -0.05) is 54.6 Å². The van der Waals surface area contributed by atoms with E-state index in [0.29, 0.717) is 0 Å². The minimum absolute atomic E-state index is 0.187. The molecule has 2 unspecified atom stereocenters. The first-order valence-corrected chi connectivity index (χ1v) is 8.20. The summed E-state index contributed by atoms with van der Waals surface area (Å²) in [4.78, 5) is 1.31. The summed E-state index contributed by atoms with van der Waals surface area (Å²) in [5.74, 6) is 1.14. The molecule has 4 rings (SSSR count). The third-order valence-corrected chi connectivity index (χ3v) is 5.44. The fourth-order valence-corrected chi connectivity index (χ4v) is 4.35. The van der Waals surface area contributed by atoms with Crippen LogP contribution in [0.4, 0.5) is 0 Å². The molecule has 1 nitrogen and oxygen atoms in total. The molecule has 21 heavy (non-hydrogen) atoms. The van der Waals surface area contributed by atoms with Crippen molar-refractivity contribution < 1.29 is 5.11 Å². The first-order valence-electron chi connectivity index (χ1n) is 7.21. The third kappa shape index (κ3) is 2.25. The average Bonchev–Trinajstić information content (AvgIpc) is 2.98. The topological polar surface area (TPSA) is 20.2 Å². The van der Waals surface area contributed by atoms with E-state index in [-0.39, 0.29) is 5.92 Å². The lowest BCUT2D eigenvalue weighted by Gasteiger charge is -2.19. The molecule has 1 N–H and O–H groups in total. The Morgan fingerprint density at radius 1 is 0.905 bits per heavy atom. The maximum Gasteiger partial charge on any atom is 0.0867 e. The Morgan fingerprint density at radius 3 is 2.57 bits per heavy atom. The van der Waals surface area contributed by atoms with Crippen LogP contribution in [0.3, 0.4) is 0 Å². The average molecular weight is 292 g/mol. The van der Waals surface area contributed by atoms with Gasteiger partial charge in [0, 0.05) is 16.6 Å². The molecule has 0 amide bonds. The van der Waals surface area contributed by atoms with Crippen LogP contribution in [0, 0.1) is 0 Å². The van der Waals surface area contributed by atoms with Crippen LogP contribution < -0.4 is 0 Å². The second-order valence-electron chi connectivity index (χ2n) is 5.51. The Labute approximate surface area is 128 Å². The molecule has 2 atom stereocenters. The summed E-state index contributed by atoms with van der Waals surface area (Å²) >= 11 is 1.84. The molecule has 0 bridgehead atoms. The van der Waals surface area contributed by atoms with Crippen molar-refractivity contribution in [3.05, 3.63) is 77.9 Å². The van der Waals surface area contributed by atoms with Crippen LogP contribution in [0.25, 0.3) is 10.8 Å². The maximum atomic E-state index is 10.8. The Bertz CT molecular complexity index is 796. The predicted molar refractivity (Wildman–Crippen MR) is 88.8 cm³/mol. The molecule has 0 saturated carbocycles. The fraction of sp³-hybridized carbons (Fsp3) is 0.158. The van der Waals surface area contributed by atoms with E-state index in [1.54, 1.807) is 0 Å². The Hall–Kier alpha value is -1.77. The number of aliphatic hydroxyl groups is 1. The van der Waals surface area contributed by atoms with Gasteiger partial charge in [0.25, 0.3) is 0 Å². The summed E-state index contributed by atoms with van der Waals surface area (Å²) in [5.41, 5.74) is 2.29. The minimum Gasteiger partial charge on any atom is -0.388 e. The molecule has 0 aliphatic carbocycles. The number of aliphatic hydroxyl groups excluding tert-OH is 1. The van der Waals surface area contributed by atoms with Crippen LogP contribution in [-0.2, 0) is 0 Å². The lowest BCUT2D eigenvalue weighted by molar-refractivity contribution is 0.154. The van der Waals surface area contributed by atoms with Crippen molar-refractivity contribution in [1.29, 1.82) is 0 Å². The van der Waals surface area contributed by atoms with Crippen molar-refractivity contribution in [1.82, 2.24) is 0 Å². The molecule has 0 radical (unpaired) electrons. The summed E-state index contributed by atoms with van der Waals surface area (Å²) in [6, 6.07) is 23.0. The zero-order chi connectivity index (χ0) is 14.2. The zero-order valence-corrected chi connectivity index (χ0v) is 12.4. The Kier molecular flexibility index (Phi) is 3.21. The summed E-state index contributed by atoms with van der Waals surface area (Å²) in [7, 11) is 0. The number of thioether (sulfide) groups is 1. The van der Waals surface area contributed by atoms with E-state index in [0.717, 1.165) is 11.3 Å². The standard InChI is InChI=1S/C19H16OS/c20-19(17-12-21-18-8-4-3-7-16(17)18)15-10-9-13-5-1-2-6-14(13)11-15/h1-11,17,19-20H,12H2. The summed E-state index contributed by atoms with van der Waals surface area (Å²) in [6.45, 7) is 0. The molecule has 3 aromatic carbocycles. The normalized spacial score (nSPS) is 18.6. The van der Waals surface area contributed by atoms with Crippen LogP contribution in [0.15, 0.2) is 71.6 Å². The van der Waals surface area contributed by atoms with Crippen molar-refractivity contribution in [3.8, 4) is 0 Å². The number of rotatable bonds is 2. The SMILES string of the molecule is OC(c1ccc2ccccc2c1)C1CSc2ccccc21. The number of fused-ring (bicyclic) bond motifs is 2. The molecule has 0 aromatic heterocycles. The highest BCUT2D eigenvalue weighted by atomic mass is 32.2. The lowest BCUT2D eigenvalue weighted by atomic mass is 9.90. The van der Waals surface area contributed by atoms with Gasteiger partial charge in [-0.15, -0.1) is 11.8 Å². The molecule has 1 aliphatic rings. The highest BCUT2D eigenvalue weighted by molar-refractivity contribution is 7.99. The quantitative estimate of drug-likeness (QED) is 0.734. The molecular formula is C19H16OS. The molecule has 3 aromatic rings. The molecule has 1 heterocycles. The smallest absolute Gasteiger partial charge is 0.0867 e. The van der Waals surface area contributed by atoms with E-state index in [4.69, 9.17) is 0 Å². The number of benzene rings is 3. The van der Waals surface area contributed by atoms with Gasteiger partial charge in [-0.3, -0.25) is 0 Å². The van der Waals surface area contributed by atoms with Crippen LogP contribution in [0.5, 0.6) is 0 Å². The van der Waals surface area contributed by atoms with Gasteiger partial charge >= 0.3 is 0 Å². The monoisotopic (exact) mass is 292 g/mol. The van der Waals surface area contributed by atoms with E-state index < -0.39 is 6.10 Å². The molecule has 2 heteroatoms. The number of hydrogen-bond donors (Lipinski definition) is 1. The first-order chi connectivity index (χ1) is 10.3. The van der Waals surface area contributed by atoms with Crippen LogP contribution in [0.2, 0.25) is 0 Å². The van der Waals surface area contributed by atoms with Crippen LogP contribution in [0.1, 0.15) is 23.1 Å². The van der Waals surface area contributed by atoms with Gasteiger partial charge in [0.1, 0.15) is 0 Å². The van der Waals surface area contributed by atoms with Crippen molar-refractivity contribution in [2.45, 2.75) is 16.9 Å². The molecule has 1 aliphatic heterocycles. The minimum atomic E-state index is -0.439. The summed E-state index contributed by atoms with van der Waals surface area (Å²) < 4.78 is 0. The van der Waals surface area contributed by atoms with Crippen molar-refractivity contribution in [2.75, 3.05) is 5.75 Å². The summed E-state index contributed by atoms with van der Waals surface area (Å²) in [5, 5.41) is 13.2. The Balaban J connectivity index is 1.72. The van der Waals surface area contributed by atoms with E-state index >= 15 is 0 Å². The van der Waals surface area contributed by atoms with Gasteiger partial charge in [-0.25, -0.2) is 0 Å². The second-order valence-corrected chi connectivity index (χ2v) is 6.57. The molecular weight excluding hydrogens is 276 g/mol. The van der Waals surface area contributed by atoms with Crippen LogP contribution in [-0.4, -0.2) is 10.9 Å². The third-order valence-electron chi connectivity index (χ3n) is 4.23. The van der Waals surface area contributed by atoms with Gasteiger partial charge in [-0.2, -0.15) is 0 Å². The zero-order valence-electron chi connectivity index (χ0n) is 11.6. The summed E-state index contributed by atoms with van der Waals surface area (Å²) in [6.07, 6.45) is -0.439. The molecule has 104 valence electrons. The molecule has 0 saturated heterocycles. The molecule has 0 fully saturated rings. The maximum absolute atomic E-state index is 10.8. The van der Waals surface area contributed by atoms with Crippen molar-refractivity contribution >= 4 is 22.5 Å². The second kappa shape index (κ2) is 5.21. The largest absolute Gasteiger partial charge is 0.388 e. The highest BCUT2D eigenvalue weighted by Crippen LogP contribution is 2.45. The van der Waals surface area contributed by atoms with Gasteiger partial charge in [0.05, 0.1) is 6.10 Å². The van der Waals surface area contributed by atoms with E-state index in [9.17, 15) is 5.11 Å². The van der Waals surface area contributed by atoms with Crippen LogP contribution >= 0.6 is 11.8 Å². The lowest BCUT2D eigenvalue weighted by Crippen LogP contribution is -2.10. The van der Waals surface area contributed by atoms with E-state index in [1.165, 1.54) is 21.2 Å². The fourth-order valence-electron chi connectivity index (χ4n) is 3.07. The highest BCUT2D eigenvalue weighted by Gasteiger charge is 2.29. The van der Waals surface area contributed by atoms with Gasteiger partial charge < -0.3 is 5.11 Å². The van der Waals surface area contributed by atoms with E-state index in [2.05, 4.69) is 54.6 Å². The van der Waals surface area contributed by atoms with Gasteiger partial charge in [0.15, 0.2) is 0 Å². The van der Waals surface area contributed by atoms with Crippen molar-refractivity contribution in [2.24, 2.45) is 0 Å².